The number of hydrogen-bond donors (Lipinski definition) is 3. The number of rotatable bonds is 5. The smallest absolute Gasteiger partial charge is 0.404 e. The fourth-order valence-corrected chi connectivity index (χ4v) is 1.70. The van der Waals surface area contributed by atoms with E-state index in [9.17, 15) is 9.90 Å². The summed E-state index contributed by atoms with van der Waals surface area (Å²) in [7, 11) is 0. The molecule has 0 aromatic carbocycles. The summed E-state index contributed by atoms with van der Waals surface area (Å²) >= 11 is 11.8. The van der Waals surface area contributed by atoms with E-state index in [1.165, 1.54) is 0 Å². The van der Waals surface area contributed by atoms with Crippen LogP contribution in [0.3, 0.4) is 0 Å². The number of nitrogens with one attached hydrogen (secondary N) is 1. The van der Waals surface area contributed by atoms with Crippen LogP contribution < -0.4 is 5.32 Å². The van der Waals surface area contributed by atoms with Crippen LogP contribution in [0.4, 0.5) is 4.79 Å². The molecule has 0 spiro atoms. The second kappa shape index (κ2) is 7.58. The molecule has 0 saturated heterocycles. The van der Waals surface area contributed by atoms with Gasteiger partial charge in [-0.3, -0.25) is 0 Å². The van der Waals surface area contributed by atoms with E-state index < -0.39 is 18.2 Å². The van der Waals surface area contributed by atoms with Crippen molar-refractivity contribution in [2.24, 2.45) is 0 Å². The van der Waals surface area contributed by atoms with Crippen molar-refractivity contribution in [3.8, 4) is 0 Å². The van der Waals surface area contributed by atoms with Crippen LogP contribution in [-0.2, 0) is 0 Å². The highest BCUT2D eigenvalue weighted by Crippen LogP contribution is 2.26. The Kier molecular flexibility index (Phi) is 7.27. The number of carboxylic acid groups (broad SMARTS) is 1. The predicted octanol–water partition coefficient (Wildman–Crippen LogP) is 3.05. The Hall–Kier alpha value is -0.710. The molecule has 0 rings (SSSR count). The Bertz CT molecular complexity index is 336. The summed E-state index contributed by atoms with van der Waals surface area (Å²) < 4.78 is 0. The second-order valence-corrected chi connectivity index (χ2v) is 4.63. The van der Waals surface area contributed by atoms with Crippen LogP contribution in [0.1, 0.15) is 27.2 Å². The van der Waals surface area contributed by atoms with Crippen molar-refractivity contribution < 1.29 is 15.0 Å². The maximum atomic E-state index is 10.4. The summed E-state index contributed by atoms with van der Waals surface area (Å²) in [6.45, 7) is 5.00. The van der Waals surface area contributed by atoms with Crippen LogP contribution in [0.15, 0.2) is 21.7 Å². The highest BCUT2D eigenvalue weighted by atomic mass is 35.5. The predicted molar refractivity (Wildman–Crippen MR) is 69.4 cm³/mol. The van der Waals surface area contributed by atoms with Gasteiger partial charge in [-0.15, -0.1) is 0 Å². The molecule has 2 unspecified atom stereocenters. The average Bonchev–Trinajstić information content (AvgIpc) is 2.22. The van der Waals surface area contributed by atoms with Gasteiger partial charge in [-0.05, 0) is 26.3 Å². The molecule has 6 heteroatoms. The van der Waals surface area contributed by atoms with Gasteiger partial charge in [-0.1, -0.05) is 29.3 Å². The third kappa shape index (κ3) is 5.96. The Morgan fingerprint density at radius 1 is 1.47 bits per heavy atom. The third-order valence-electron chi connectivity index (χ3n) is 2.30. The highest BCUT2D eigenvalue weighted by molar-refractivity contribution is 6.35. The fourth-order valence-electron chi connectivity index (χ4n) is 1.25. The summed E-state index contributed by atoms with van der Waals surface area (Å²) in [6, 6.07) is -0.597. The largest absolute Gasteiger partial charge is 0.465 e. The molecule has 17 heavy (non-hydrogen) atoms. The average molecular weight is 282 g/mol. The maximum absolute atomic E-state index is 10.4. The molecule has 98 valence electrons. The first-order chi connectivity index (χ1) is 7.79. The van der Waals surface area contributed by atoms with Crippen molar-refractivity contribution >= 4 is 29.3 Å². The maximum Gasteiger partial charge on any atom is 0.404 e. The number of aliphatic hydroxyl groups is 1. The molecule has 1 amide bonds. The fraction of sp³-hybridized carbons (Fsp3) is 0.545. The van der Waals surface area contributed by atoms with E-state index in [1.54, 1.807) is 26.8 Å². The van der Waals surface area contributed by atoms with Crippen molar-refractivity contribution in [3.05, 3.63) is 21.7 Å². The molecule has 0 aliphatic carbocycles. The van der Waals surface area contributed by atoms with E-state index in [0.29, 0.717) is 15.6 Å². The van der Waals surface area contributed by atoms with E-state index in [1.807, 2.05) is 0 Å². The lowest BCUT2D eigenvalue weighted by Crippen LogP contribution is -2.40. The standard InChI is InChI=1S/C11H17Cl2NO3/c1-4-9(13)8(6(2)12)5-10(15)7(3)14-11(16)17/h4,7,10,14-15H,5H2,1-3H3,(H,16,17). The molecule has 0 aliphatic heterocycles. The van der Waals surface area contributed by atoms with Crippen LogP contribution in [0.25, 0.3) is 0 Å². The summed E-state index contributed by atoms with van der Waals surface area (Å²) in [6.07, 6.45) is -0.199. The topological polar surface area (TPSA) is 69.6 Å². The van der Waals surface area contributed by atoms with Gasteiger partial charge >= 0.3 is 6.09 Å². The Morgan fingerprint density at radius 3 is 2.35 bits per heavy atom. The van der Waals surface area contributed by atoms with Gasteiger partial charge < -0.3 is 15.5 Å². The number of allylic oxidation sites excluding steroid dienone is 3. The number of carbonyl (C=O) groups is 1. The molecule has 0 heterocycles. The zero-order chi connectivity index (χ0) is 13.6. The Morgan fingerprint density at radius 2 is 2.00 bits per heavy atom. The summed E-state index contributed by atoms with van der Waals surface area (Å²) in [4.78, 5) is 10.4. The van der Waals surface area contributed by atoms with Crippen LogP contribution in [0.5, 0.6) is 0 Å². The van der Waals surface area contributed by atoms with Crippen molar-refractivity contribution in [1.29, 1.82) is 0 Å². The highest BCUT2D eigenvalue weighted by Gasteiger charge is 2.19. The molecule has 0 fully saturated rings. The van der Waals surface area contributed by atoms with Crippen molar-refractivity contribution in [3.63, 3.8) is 0 Å². The normalized spacial score (nSPS) is 17.2. The summed E-state index contributed by atoms with van der Waals surface area (Å²) in [5, 5.41) is 21.5. The van der Waals surface area contributed by atoms with Gasteiger partial charge in [0, 0.05) is 16.5 Å². The molecule has 2 atom stereocenters. The summed E-state index contributed by atoms with van der Waals surface area (Å²) in [5.74, 6) is 0. The Labute approximate surface area is 111 Å². The first-order valence-corrected chi connectivity index (χ1v) is 5.90. The number of halogens is 2. The molecule has 0 aromatic heterocycles. The molecular weight excluding hydrogens is 265 g/mol. The van der Waals surface area contributed by atoms with Gasteiger partial charge in [-0.2, -0.15) is 0 Å². The third-order valence-corrected chi connectivity index (χ3v) is 2.97. The van der Waals surface area contributed by atoms with Crippen LogP contribution in [-0.4, -0.2) is 28.5 Å². The van der Waals surface area contributed by atoms with Crippen molar-refractivity contribution in [2.45, 2.75) is 39.3 Å². The van der Waals surface area contributed by atoms with Gasteiger partial charge in [-0.25, -0.2) is 4.79 Å². The monoisotopic (exact) mass is 281 g/mol. The minimum Gasteiger partial charge on any atom is -0.465 e. The van der Waals surface area contributed by atoms with E-state index >= 15 is 0 Å². The van der Waals surface area contributed by atoms with Crippen molar-refractivity contribution in [1.82, 2.24) is 5.32 Å². The lowest BCUT2D eigenvalue weighted by molar-refractivity contribution is 0.126. The Balaban J connectivity index is 4.70. The van der Waals surface area contributed by atoms with E-state index in [2.05, 4.69) is 5.32 Å². The first kappa shape index (κ1) is 16.3. The number of hydrogen-bond acceptors (Lipinski definition) is 2. The van der Waals surface area contributed by atoms with Gasteiger partial charge in [0.25, 0.3) is 0 Å². The van der Waals surface area contributed by atoms with Crippen LogP contribution >= 0.6 is 23.2 Å². The molecular formula is C11H17Cl2NO3. The van der Waals surface area contributed by atoms with Gasteiger partial charge in [0.05, 0.1) is 12.1 Å². The lowest BCUT2D eigenvalue weighted by Gasteiger charge is -2.20. The second-order valence-electron chi connectivity index (χ2n) is 3.66. The molecule has 0 aliphatic rings. The minimum absolute atomic E-state index is 0.194. The molecule has 0 radical (unpaired) electrons. The van der Waals surface area contributed by atoms with Gasteiger partial charge in [0.2, 0.25) is 0 Å². The van der Waals surface area contributed by atoms with Gasteiger partial charge in [0.15, 0.2) is 0 Å². The quantitative estimate of drug-likeness (QED) is 0.679. The van der Waals surface area contributed by atoms with Gasteiger partial charge in [0.1, 0.15) is 0 Å². The zero-order valence-corrected chi connectivity index (χ0v) is 11.5. The molecule has 0 aromatic rings. The van der Waals surface area contributed by atoms with E-state index in [0.717, 1.165) is 0 Å². The van der Waals surface area contributed by atoms with Crippen LogP contribution in [0, 0.1) is 0 Å². The molecule has 3 N–H and O–H groups in total. The van der Waals surface area contributed by atoms with E-state index in [-0.39, 0.29) is 6.42 Å². The SMILES string of the molecule is CC=C(Cl)C(CC(O)C(C)NC(=O)O)=C(C)Cl. The minimum atomic E-state index is -1.18. The molecule has 4 nitrogen and oxygen atoms in total. The summed E-state index contributed by atoms with van der Waals surface area (Å²) in [5.41, 5.74) is 0.613. The molecule has 0 saturated carbocycles. The molecule has 0 bridgehead atoms. The van der Waals surface area contributed by atoms with E-state index in [4.69, 9.17) is 28.3 Å². The number of aliphatic hydroxyl groups excluding tert-OH is 1. The van der Waals surface area contributed by atoms with Crippen molar-refractivity contribution in [2.75, 3.05) is 0 Å². The lowest BCUT2D eigenvalue weighted by atomic mass is 10.0. The first-order valence-electron chi connectivity index (χ1n) is 5.14. The zero-order valence-electron chi connectivity index (χ0n) is 10.00. The van der Waals surface area contributed by atoms with Crippen LogP contribution in [0.2, 0.25) is 0 Å². The number of amides is 1.